The molecule has 0 aromatic heterocycles. The van der Waals surface area contributed by atoms with Gasteiger partial charge in [-0.3, -0.25) is 4.79 Å². The summed E-state index contributed by atoms with van der Waals surface area (Å²) in [5, 5.41) is 6.40. The van der Waals surface area contributed by atoms with Gasteiger partial charge in [0.25, 0.3) is 0 Å². The van der Waals surface area contributed by atoms with E-state index in [0.29, 0.717) is 25.0 Å². The third-order valence-electron chi connectivity index (χ3n) is 4.13. The predicted octanol–water partition coefficient (Wildman–Crippen LogP) is 3.59. The molecule has 0 spiro atoms. The molecule has 0 radical (unpaired) electrons. The van der Waals surface area contributed by atoms with E-state index in [4.69, 9.17) is 9.47 Å². The van der Waals surface area contributed by atoms with Crippen LogP contribution in [-0.2, 0) is 4.79 Å². The van der Waals surface area contributed by atoms with Gasteiger partial charge in [-0.05, 0) is 51.3 Å². The number of anilines is 1. The van der Waals surface area contributed by atoms with Gasteiger partial charge >= 0.3 is 0 Å². The number of hydrogen-bond donors (Lipinski definition) is 2. The van der Waals surface area contributed by atoms with Gasteiger partial charge in [0.15, 0.2) is 11.5 Å². The summed E-state index contributed by atoms with van der Waals surface area (Å²) >= 11 is 0. The van der Waals surface area contributed by atoms with E-state index in [1.807, 2.05) is 18.2 Å². The maximum absolute atomic E-state index is 12.5. The molecule has 0 saturated carbocycles. The van der Waals surface area contributed by atoms with Crippen LogP contribution in [0.1, 0.15) is 46.5 Å². The van der Waals surface area contributed by atoms with Crippen molar-refractivity contribution in [2.75, 3.05) is 25.1 Å². The third-order valence-corrected chi connectivity index (χ3v) is 4.13. The monoisotopic (exact) mass is 334 g/mol. The average Bonchev–Trinajstić information content (AvgIpc) is 2.59. The number of benzene rings is 1. The molecule has 134 valence electrons. The van der Waals surface area contributed by atoms with E-state index in [2.05, 4.69) is 31.4 Å². The smallest absolute Gasteiger partial charge is 0.227 e. The lowest BCUT2D eigenvalue weighted by Gasteiger charge is -2.27. The van der Waals surface area contributed by atoms with Crippen molar-refractivity contribution in [2.45, 2.75) is 52.5 Å². The van der Waals surface area contributed by atoms with E-state index in [9.17, 15) is 4.79 Å². The number of nitrogens with one attached hydrogen (secondary N) is 2. The Morgan fingerprint density at radius 1 is 1.21 bits per heavy atom. The van der Waals surface area contributed by atoms with Crippen LogP contribution in [0.2, 0.25) is 0 Å². The molecule has 2 atom stereocenters. The van der Waals surface area contributed by atoms with Crippen LogP contribution in [-0.4, -0.2) is 31.7 Å². The summed E-state index contributed by atoms with van der Waals surface area (Å²) in [6, 6.07) is 6.01. The molecular formula is C19H30N2O3. The number of piperidine rings is 1. The van der Waals surface area contributed by atoms with Gasteiger partial charge in [0.1, 0.15) is 0 Å². The van der Waals surface area contributed by atoms with Gasteiger partial charge in [0.05, 0.1) is 13.2 Å². The molecule has 1 saturated heterocycles. The third kappa shape index (κ3) is 5.41. The topological polar surface area (TPSA) is 59.6 Å². The molecule has 1 heterocycles. The Balaban J connectivity index is 2.04. The molecule has 1 amide bonds. The van der Waals surface area contributed by atoms with E-state index < -0.39 is 0 Å². The van der Waals surface area contributed by atoms with Crippen LogP contribution in [0.5, 0.6) is 11.5 Å². The Morgan fingerprint density at radius 2 is 1.92 bits per heavy atom. The number of carbonyl (C=O) groups excluding carboxylic acids is 1. The molecule has 5 heteroatoms. The molecule has 1 aromatic rings. The Bertz CT molecular complexity index is 533. The number of hydrogen-bond acceptors (Lipinski definition) is 4. The fourth-order valence-electron chi connectivity index (χ4n) is 2.86. The standard InChI is InChI=1S/C19H30N2O3/c1-4-10-23-17-7-6-16(13-18(17)24-11-5-2)21-19(22)15-8-9-20-14(3)12-15/h6-7,13-15,20H,4-5,8-12H2,1-3H3,(H,21,22)/t14-,15-/m0/s1. The maximum Gasteiger partial charge on any atom is 0.227 e. The van der Waals surface area contributed by atoms with Crippen LogP contribution in [0, 0.1) is 5.92 Å². The predicted molar refractivity (Wildman–Crippen MR) is 96.8 cm³/mol. The Labute approximate surface area is 145 Å². The summed E-state index contributed by atoms with van der Waals surface area (Å²) in [6.07, 6.45) is 3.63. The van der Waals surface area contributed by atoms with Gasteiger partial charge in [-0.25, -0.2) is 0 Å². The first kappa shape index (κ1) is 18.6. The molecule has 2 rings (SSSR count). The van der Waals surface area contributed by atoms with Crippen molar-refractivity contribution < 1.29 is 14.3 Å². The molecular weight excluding hydrogens is 304 g/mol. The van der Waals surface area contributed by atoms with Crippen LogP contribution in [0.15, 0.2) is 18.2 Å². The largest absolute Gasteiger partial charge is 0.490 e. The summed E-state index contributed by atoms with van der Waals surface area (Å²) in [5.74, 6) is 1.59. The number of ether oxygens (including phenoxy) is 2. The van der Waals surface area contributed by atoms with Gasteiger partial charge in [-0.2, -0.15) is 0 Å². The minimum Gasteiger partial charge on any atom is -0.490 e. The molecule has 0 aliphatic carbocycles. The van der Waals surface area contributed by atoms with Crippen LogP contribution >= 0.6 is 0 Å². The van der Waals surface area contributed by atoms with Crippen molar-refractivity contribution in [1.29, 1.82) is 0 Å². The van der Waals surface area contributed by atoms with E-state index in [-0.39, 0.29) is 11.8 Å². The van der Waals surface area contributed by atoms with Crippen molar-refractivity contribution in [1.82, 2.24) is 5.32 Å². The van der Waals surface area contributed by atoms with Gasteiger partial charge < -0.3 is 20.1 Å². The normalized spacial score (nSPS) is 20.5. The second-order valence-electron chi connectivity index (χ2n) is 6.42. The molecule has 0 bridgehead atoms. The van der Waals surface area contributed by atoms with E-state index in [0.717, 1.165) is 43.7 Å². The summed E-state index contributed by atoms with van der Waals surface area (Å²) < 4.78 is 11.5. The van der Waals surface area contributed by atoms with E-state index in [1.54, 1.807) is 0 Å². The fourth-order valence-corrected chi connectivity index (χ4v) is 2.86. The molecule has 1 fully saturated rings. The SMILES string of the molecule is CCCOc1ccc(NC(=O)[C@H]2CCN[C@@H](C)C2)cc1OCCC. The van der Waals surface area contributed by atoms with Crippen molar-refractivity contribution >= 4 is 11.6 Å². The first-order valence-corrected chi connectivity index (χ1v) is 9.07. The zero-order valence-electron chi connectivity index (χ0n) is 15.1. The van der Waals surface area contributed by atoms with E-state index >= 15 is 0 Å². The Hall–Kier alpha value is -1.75. The summed E-state index contributed by atoms with van der Waals surface area (Å²) in [5.41, 5.74) is 0.765. The molecule has 24 heavy (non-hydrogen) atoms. The fraction of sp³-hybridized carbons (Fsp3) is 0.632. The van der Waals surface area contributed by atoms with E-state index in [1.165, 1.54) is 0 Å². The Morgan fingerprint density at radius 3 is 2.58 bits per heavy atom. The van der Waals surface area contributed by atoms with Crippen LogP contribution in [0.4, 0.5) is 5.69 Å². The van der Waals surface area contributed by atoms with Crippen molar-refractivity contribution in [3.8, 4) is 11.5 Å². The lowest BCUT2D eigenvalue weighted by molar-refractivity contribution is -0.120. The summed E-state index contributed by atoms with van der Waals surface area (Å²) in [6.45, 7) is 8.44. The zero-order valence-corrected chi connectivity index (χ0v) is 15.1. The number of rotatable bonds is 8. The molecule has 0 unspecified atom stereocenters. The molecule has 1 aliphatic rings. The van der Waals surface area contributed by atoms with Gasteiger partial charge in [-0.1, -0.05) is 13.8 Å². The highest BCUT2D eigenvalue weighted by Gasteiger charge is 2.24. The first-order valence-electron chi connectivity index (χ1n) is 9.07. The van der Waals surface area contributed by atoms with Crippen LogP contribution in [0.25, 0.3) is 0 Å². The summed E-state index contributed by atoms with van der Waals surface area (Å²) in [4.78, 5) is 12.5. The van der Waals surface area contributed by atoms with Gasteiger partial charge in [0.2, 0.25) is 5.91 Å². The minimum absolute atomic E-state index is 0.0669. The molecule has 2 N–H and O–H groups in total. The van der Waals surface area contributed by atoms with Crippen molar-refractivity contribution in [2.24, 2.45) is 5.92 Å². The number of amides is 1. The van der Waals surface area contributed by atoms with Gasteiger partial charge in [-0.15, -0.1) is 0 Å². The highest BCUT2D eigenvalue weighted by Crippen LogP contribution is 2.31. The lowest BCUT2D eigenvalue weighted by atomic mass is 9.92. The van der Waals surface area contributed by atoms with Crippen LogP contribution in [0.3, 0.4) is 0 Å². The zero-order chi connectivity index (χ0) is 17.4. The Kier molecular flexibility index (Phi) is 7.37. The molecule has 1 aromatic carbocycles. The average molecular weight is 334 g/mol. The lowest BCUT2D eigenvalue weighted by Crippen LogP contribution is -2.40. The van der Waals surface area contributed by atoms with Crippen LogP contribution < -0.4 is 20.1 Å². The quantitative estimate of drug-likeness (QED) is 0.763. The highest BCUT2D eigenvalue weighted by molar-refractivity contribution is 5.93. The molecule has 5 nitrogen and oxygen atoms in total. The van der Waals surface area contributed by atoms with Gasteiger partial charge in [0, 0.05) is 23.7 Å². The maximum atomic E-state index is 12.5. The number of carbonyl (C=O) groups is 1. The minimum atomic E-state index is 0.0669. The van der Waals surface area contributed by atoms with Crippen molar-refractivity contribution in [3.05, 3.63) is 18.2 Å². The first-order chi connectivity index (χ1) is 11.6. The summed E-state index contributed by atoms with van der Waals surface area (Å²) in [7, 11) is 0. The second kappa shape index (κ2) is 9.52. The second-order valence-corrected chi connectivity index (χ2v) is 6.42. The molecule has 1 aliphatic heterocycles. The highest BCUT2D eigenvalue weighted by atomic mass is 16.5. The van der Waals surface area contributed by atoms with Crippen molar-refractivity contribution in [3.63, 3.8) is 0 Å².